The maximum absolute atomic E-state index is 11.2. The van der Waals surface area contributed by atoms with Crippen molar-refractivity contribution in [1.29, 1.82) is 10.5 Å². The molecule has 3 aromatic carbocycles. The standard InChI is InChI=1S/C38H21N3O4S4/c39-20-24(37(42)43)14-29-16-33-35(46-29)18-31(48-33)22-6-10-27(11-7-22)41(26-4-2-1-3-5-26)28-12-8-23(9-13-28)32-19-36-34(49-32)17-30(47-36)15-25(21-40)38(44)45/h1-19H,(H,42,43)(H,44,45). The fourth-order valence-electron chi connectivity index (χ4n) is 5.28. The van der Waals surface area contributed by atoms with E-state index in [1.54, 1.807) is 34.8 Å². The number of carboxylic acid groups (broad SMARTS) is 2. The van der Waals surface area contributed by atoms with E-state index in [0.29, 0.717) is 0 Å². The number of nitriles is 2. The summed E-state index contributed by atoms with van der Waals surface area (Å²) in [4.78, 5) is 28.3. The number of nitrogens with zero attached hydrogens (tertiary/aromatic N) is 3. The molecule has 0 bridgehead atoms. The fraction of sp³-hybridized carbons (Fsp3) is 0. The third kappa shape index (κ3) is 6.52. The molecule has 0 spiro atoms. The van der Waals surface area contributed by atoms with E-state index in [2.05, 4.69) is 77.7 Å². The summed E-state index contributed by atoms with van der Waals surface area (Å²) in [5.74, 6) is -2.46. The van der Waals surface area contributed by atoms with Crippen LogP contribution in [0.2, 0.25) is 0 Å². The lowest BCUT2D eigenvalue weighted by Gasteiger charge is -2.25. The van der Waals surface area contributed by atoms with E-state index >= 15 is 0 Å². The first-order valence-electron chi connectivity index (χ1n) is 14.6. The van der Waals surface area contributed by atoms with Crippen molar-refractivity contribution >= 4 is 105 Å². The Morgan fingerprint density at radius 3 is 1.31 bits per heavy atom. The number of carbonyl (C=O) groups is 2. The number of aliphatic carboxylic acids is 2. The SMILES string of the molecule is N#CC(=Cc1cc2sc(-c3ccc(N(c4ccccc4)c4ccc(-c5cc6sc(C=C(C#N)C(=O)O)cc6s5)cc4)cc3)cc2s1)C(=O)O. The Hall–Kier alpha value is -5.82. The Kier molecular flexibility index (Phi) is 8.66. The second-order valence-corrected chi connectivity index (χ2v) is 15.1. The van der Waals surface area contributed by atoms with Gasteiger partial charge in [0.15, 0.2) is 0 Å². The summed E-state index contributed by atoms with van der Waals surface area (Å²) in [6.45, 7) is 0. The maximum atomic E-state index is 11.2. The highest BCUT2D eigenvalue weighted by molar-refractivity contribution is 7.30. The van der Waals surface area contributed by atoms with Gasteiger partial charge in [-0.1, -0.05) is 42.5 Å². The molecule has 0 radical (unpaired) electrons. The molecular formula is C38H21N3O4S4. The zero-order chi connectivity index (χ0) is 34.1. The van der Waals surface area contributed by atoms with Crippen LogP contribution in [0.4, 0.5) is 17.1 Å². The van der Waals surface area contributed by atoms with E-state index in [1.807, 2.05) is 30.3 Å². The molecule has 0 amide bonds. The average molecular weight is 712 g/mol. The first kappa shape index (κ1) is 31.8. The summed E-state index contributed by atoms with van der Waals surface area (Å²) in [5.41, 5.74) is 4.60. The molecule has 4 heterocycles. The number of hydrogen-bond donors (Lipinski definition) is 2. The highest BCUT2D eigenvalue weighted by Gasteiger charge is 2.16. The lowest BCUT2D eigenvalue weighted by molar-refractivity contribution is -0.133. The molecule has 0 fully saturated rings. The number of carboxylic acids is 2. The van der Waals surface area contributed by atoms with Gasteiger partial charge >= 0.3 is 11.9 Å². The summed E-state index contributed by atoms with van der Waals surface area (Å²) in [6.07, 6.45) is 2.82. The highest BCUT2D eigenvalue weighted by Crippen LogP contribution is 2.42. The third-order valence-corrected chi connectivity index (χ3v) is 12.1. The molecule has 7 nitrogen and oxygen atoms in total. The Labute approximate surface area is 296 Å². The van der Waals surface area contributed by atoms with Crippen molar-refractivity contribution in [3.63, 3.8) is 0 Å². The zero-order valence-electron chi connectivity index (χ0n) is 25.2. The molecule has 0 unspecified atom stereocenters. The number of anilines is 3. The lowest BCUT2D eigenvalue weighted by atomic mass is 10.1. The molecule has 236 valence electrons. The summed E-state index contributed by atoms with van der Waals surface area (Å²) in [5, 5.41) is 36.5. The monoisotopic (exact) mass is 711 g/mol. The summed E-state index contributed by atoms with van der Waals surface area (Å²) in [6, 6.07) is 38.5. The van der Waals surface area contributed by atoms with Crippen LogP contribution in [0.5, 0.6) is 0 Å². The smallest absolute Gasteiger partial charge is 0.346 e. The van der Waals surface area contributed by atoms with E-state index in [1.165, 1.54) is 34.8 Å². The van der Waals surface area contributed by atoms with Gasteiger partial charge in [-0.2, -0.15) is 10.5 Å². The van der Waals surface area contributed by atoms with E-state index in [0.717, 1.165) is 66.5 Å². The van der Waals surface area contributed by atoms with Gasteiger partial charge in [0.2, 0.25) is 0 Å². The molecule has 0 aliphatic carbocycles. The van der Waals surface area contributed by atoms with Gasteiger partial charge in [-0.25, -0.2) is 9.59 Å². The number of benzene rings is 3. The second-order valence-electron chi connectivity index (χ2n) is 10.7. The molecule has 4 aromatic heterocycles. The number of hydrogen-bond acceptors (Lipinski definition) is 9. The molecule has 0 saturated heterocycles. The van der Waals surface area contributed by atoms with Crippen molar-refractivity contribution in [2.45, 2.75) is 0 Å². The number of fused-ring (bicyclic) bond motifs is 2. The largest absolute Gasteiger partial charge is 0.477 e. The highest BCUT2D eigenvalue weighted by atomic mass is 32.1. The van der Waals surface area contributed by atoms with Crippen LogP contribution in [0.25, 0.3) is 51.8 Å². The van der Waals surface area contributed by atoms with Crippen LogP contribution in [-0.4, -0.2) is 22.2 Å². The molecule has 49 heavy (non-hydrogen) atoms. The van der Waals surface area contributed by atoms with Crippen LogP contribution in [0.15, 0.2) is 114 Å². The zero-order valence-corrected chi connectivity index (χ0v) is 28.4. The topological polar surface area (TPSA) is 125 Å². The summed E-state index contributed by atoms with van der Waals surface area (Å²) < 4.78 is 4.16. The minimum absolute atomic E-state index is 0.284. The molecule has 7 rings (SSSR count). The predicted molar refractivity (Wildman–Crippen MR) is 201 cm³/mol. The van der Waals surface area contributed by atoms with Crippen molar-refractivity contribution in [2.24, 2.45) is 0 Å². The van der Waals surface area contributed by atoms with Gasteiger partial charge in [0, 0.05) is 55.4 Å². The Morgan fingerprint density at radius 1 is 0.551 bits per heavy atom. The fourth-order valence-corrected chi connectivity index (χ4v) is 9.99. The predicted octanol–water partition coefficient (Wildman–Crippen LogP) is 11.0. The molecule has 0 aliphatic rings. The lowest BCUT2D eigenvalue weighted by Crippen LogP contribution is -2.09. The first-order valence-corrected chi connectivity index (χ1v) is 17.9. The van der Waals surface area contributed by atoms with Crippen molar-refractivity contribution < 1.29 is 19.8 Å². The van der Waals surface area contributed by atoms with Crippen molar-refractivity contribution in [3.05, 3.63) is 124 Å². The molecule has 11 heteroatoms. The average Bonchev–Trinajstić information content (AvgIpc) is 3.87. The number of thiophene rings is 4. The molecular weight excluding hydrogens is 691 g/mol. The van der Waals surface area contributed by atoms with Gasteiger partial charge in [-0.15, -0.1) is 45.3 Å². The van der Waals surface area contributed by atoms with E-state index in [4.69, 9.17) is 10.5 Å². The first-order chi connectivity index (χ1) is 23.8. The summed E-state index contributed by atoms with van der Waals surface area (Å²) >= 11 is 6.18. The van der Waals surface area contributed by atoms with Crippen LogP contribution in [0.1, 0.15) is 9.75 Å². The summed E-state index contributed by atoms with van der Waals surface area (Å²) in [7, 11) is 0. The van der Waals surface area contributed by atoms with Gasteiger partial charge in [0.25, 0.3) is 0 Å². The quantitative estimate of drug-likeness (QED) is 0.113. The minimum atomic E-state index is -1.23. The minimum Gasteiger partial charge on any atom is -0.477 e. The van der Waals surface area contributed by atoms with Gasteiger partial charge in [-0.3, -0.25) is 0 Å². The normalized spacial score (nSPS) is 11.8. The van der Waals surface area contributed by atoms with Crippen molar-refractivity contribution in [3.8, 4) is 33.0 Å². The van der Waals surface area contributed by atoms with Crippen LogP contribution in [0, 0.1) is 22.7 Å². The maximum Gasteiger partial charge on any atom is 0.346 e. The van der Waals surface area contributed by atoms with Crippen LogP contribution < -0.4 is 4.90 Å². The number of para-hydroxylation sites is 1. The Bertz CT molecular complexity index is 2300. The number of rotatable bonds is 9. The van der Waals surface area contributed by atoms with Crippen LogP contribution in [0.3, 0.4) is 0 Å². The van der Waals surface area contributed by atoms with Gasteiger partial charge in [-0.05, 0) is 83.9 Å². The molecule has 0 saturated carbocycles. The van der Waals surface area contributed by atoms with Gasteiger partial charge in [0.1, 0.15) is 23.3 Å². The van der Waals surface area contributed by atoms with E-state index < -0.39 is 11.9 Å². The molecule has 0 atom stereocenters. The molecule has 0 aliphatic heterocycles. The van der Waals surface area contributed by atoms with Crippen molar-refractivity contribution in [2.75, 3.05) is 4.90 Å². The van der Waals surface area contributed by atoms with Crippen LogP contribution in [-0.2, 0) is 9.59 Å². The van der Waals surface area contributed by atoms with Gasteiger partial charge < -0.3 is 15.1 Å². The Morgan fingerprint density at radius 2 is 0.939 bits per heavy atom. The Balaban J connectivity index is 1.15. The van der Waals surface area contributed by atoms with Crippen LogP contribution >= 0.6 is 45.3 Å². The molecule has 7 aromatic rings. The second kappa shape index (κ2) is 13.4. The van der Waals surface area contributed by atoms with Gasteiger partial charge in [0.05, 0.1) is 0 Å². The van der Waals surface area contributed by atoms with E-state index in [-0.39, 0.29) is 11.1 Å². The van der Waals surface area contributed by atoms with Crippen molar-refractivity contribution in [1.82, 2.24) is 0 Å². The third-order valence-electron chi connectivity index (χ3n) is 7.56. The van der Waals surface area contributed by atoms with E-state index in [9.17, 15) is 19.8 Å². The molecule has 2 N–H and O–H groups in total.